The molecule has 0 unspecified atom stereocenters. The second-order valence-corrected chi connectivity index (χ2v) is 6.01. The third-order valence-corrected chi connectivity index (χ3v) is 4.19. The largest absolute Gasteiger partial charge is 0.490 e. The summed E-state index contributed by atoms with van der Waals surface area (Å²) in [7, 11) is 0. The smallest absolute Gasteiger partial charge is 0.253 e. The van der Waals surface area contributed by atoms with Crippen LogP contribution in [0.1, 0.15) is 23.2 Å². The molecule has 1 saturated heterocycles. The lowest BCUT2D eigenvalue weighted by molar-refractivity contribution is 0.0595. The Morgan fingerprint density at radius 3 is 2.26 bits per heavy atom. The maximum absolute atomic E-state index is 12.9. The van der Waals surface area contributed by atoms with Crippen LogP contribution in [0.25, 0.3) is 0 Å². The van der Waals surface area contributed by atoms with Gasteiger partial charge < -0.3 is 9.64 Å². The molecule has 1 aliphatic heterocycles. The van der Waals surface area contributed by atoms with Crippen LogP contribution in [0.15, 0.2) is 48.5 Å². The van der Waals surface area contributed by atoms with Gasteiger partial charge in [-0.05, 0) is 48.5 Å². The number of halogens is 2. The Morgan fingerprint density at radius 1 is 1.04 bits per heavy atom. The standard InChI is InChI=1S/C18H17ClFNO2/c19-14-3-1-13(2-4-14)18(22)21-11-9-17(10-12-21)23-16-7-5-15(20)6-8-16/h1-8,17H,9-12H2. The molecule has 3 rings (SSSR count). The Bertz CT molecular complexity index is 664. The summed E-state index contributed by atoms with van der Waals surface area (Å²) in [5.41, 5.74) is 0.646. The van der Waals surface area contributed by atoms with E-state index >= 15 is 0 Å². The summed E-state index contributed by atoms with van der Waals surface area (Å²) in [5, 5.41) is 0.618. The molecule has 1 amide bonds. The SMILES string of the molecule is O=C(c1ccc(Cl)cc1)N1CCC(Oc2ccc(F)cc2)CC1. The number of benzene rings is 2. The molecule has 0 radical (unpaired) electrons. The monoisotopic (exact) mass is 333 g/mol. The zero-order valence-electron chi connectivity index (χ0n) is 12.5. The van der Waals surface area contributed by atoms with Crippen molar-refractivity contribution >= 4 is 17.5 Å². The van der Waals surface area contributed by atoms with Crippen LogP contribution >= 0.6 is 11.6 Å². The van der Waals surface area contributed by atoms with Gasteiger partial charge in [0.05, 0.1) is 0 Å². The molecule has 3 nitrogen and oxygen atoms in total. The van der Waals surface area contributed by atoms with Gasteiger partial charge in [0.25, 0.3) is 5.91 Å². The van der Waals surface area contributed by atoms with E-state index in [-0.39, 0.29) is 17.8 Å². The van der Waals surface area contributed by atoms with E-state index < -0.39 is 0 Å². The van der Waals surface area contributed by atoms with Gasteiger partial charge in [-0.2, -0.15) is 0 Å². The maximum atomic E-state index is 12.9. The highest BCUT2D eigenvalue weighted by Gasteiger charge is 2.24. The van der Waals surface area contributed by atoms with Gasteiger partial charge in [0.1, 0.15) is 17.7 Å². The molecule has 5 heteroatoms. The second-order valence-electron chi connectivity index (χ2n) is 5.57. The van der Waals surface area contributed by atoms with Crippen LogP contribution in [0, 0.1) is 5.82 Å². The first-order valence-electron chi connectivity index (χ1n) is 7.59. The predicted molar refractivity (Wildman–Crippen MR) is 87.4 cm³/mol. The molecule has 0 spiro atoms. The molecular formula is C18H17ClFNO2. The van der Waals surface area contributed by atoms with Gasteiger partial charge in [0.15, 0.2) is 0 Å². The molecule has 0 N–H and O–H groups in total. The zero-order chi connectivity index (χ0) is 16.2. The van der Waals surface area contributed by atoms with Crippen molar-refractivity contribution in [2.24, 2.45) is 0 Å². The zero-order valence-corrected chi connectivity index (χ0v) is 13.3. The lowest BCUT2D eigenvalue weighted by atomic mass is 10.1. The van der Waals surface area contributed by atoms with Gasteiger partial charge >= 0.3 is 0 Å². The number of likely N-dealkylation sites (tertiary alicyclic amines) is 1. The van der Waals surface area contributed by atoms with Gasteiger partial charge in [-0.15, -0.1) is 0 Å². The van der Waals surface area contributed by atoms with Gasteiger partial charge in [0.2, 0.25) is 0 Å². The molecule has 0 aliphatic carbocycles. The quantitative estimate of drug-likeness (QED) is 0.844. The highest BCUT2D eigenvalue weighted by atomic mass is 35.5. The van der Waals surface area contributed by atoms with Crippen LogP contribution in [0.2, 0.25) is 5.02 Å². The van der Waals surface area contributed by atoms with Gasteiger partial charge in [-0.25, -0.2) is 4.39 Å². The van der Waals surface area contributed by atoms with Crippen LogP contribution in [-0.2, 0) is 0 Å². The Kier molecular flexibility index (Phi) is 4.82. The van der Waals surface area contributed by atoms with Crippen molar-refractivity contribution in [1.29, 1.82) is 0 Å². The highest BCUT2D eigenvalue weighted by Crippen LogP contribution is 2.21. The van der Waals surface area contributed by atoms with Crippen molar-refractivity contribution in [3.8, 4) is 5.75 Å². The third-order valence-electron chi connectivity index (χ3n) is 3.94. The first-order chi connectivity index (χ1) is 11.1. The fourth-order valence-corrected chi connectivity index (χ4v) is 2.78. The normalized spacial score (nSPS) is 15.5. The van der Waals surface area contributed by atoms with Crippen molar-refractivity contribution in [3.05, 3.63) is 64.9 Å². The minimum atomic E-state index is -0.277. The fourth-order valence-electron chi connectivity index (χ4n) is 2.66. The summed E-state index contributed by atoms with van der Waals surface area (Å²) < 4.78 is 18.7. The summed E-state index contributed by atoms with van der Waals surface area (Å²) in [6, 6.07) is 12.9. The maximum Gasteiger partial charge on any atom is 0.253 e. The Labute approximate surface area is 139 Å². The topological polar surface area (TPSA) is 29.5 Å². The number of piperidine rings is 1. The molecule has 0 atom stereocenters. The van der Waals surface area contributed by atoms with E-state index in [0.717, 1.165) is 12.8 Å². The molecule has 23 heavy (non-hydrogen) atoms. The fraction of sp³-hybridized carbons (Fsp3) is 0.278. The number of hydrogen-bond donors (Lipinski definition) is 0. The lowest BCUT2D eigenvalue weighted by Gasteiger charge is -2.32. The van der Waals surface area contributed by atoms with Crippen molar-refractivity contribution in [2.75, 3.05) is 13.1 Å². The van der Waals surface area contributed by atoms with Crippen molar-refractivity contribution in [3.63, 3.8) is 0 Å². The van der Waals surface area contributed by atoms with E-state index in [4.69, 9.17) is 16.3 Å². The Morgan fingerprint density at radius 2 is 1.65 bits per heavy atom. The second kappa shape index (κ2) is 7.01. The number of ether oxygens (including phenoxy) is 1. The average molecular weight is 334 g/mol. The molecule has 2 aromatic carbocycles. The van der Waals surface area contributed by atoms with E-state index in [0.29, 0.717) is 29.4 Å². The van der Waals surface area contributed by atoms with Crippen LogP contribution in [0.5, 0.6) is 5.75 Å². The van der Waals surface area contributed by atoms with E-state index in [2.05, 4.69) is 0 Å². The first-order valence-corrected chi connectivity index (χ1v) is 7.97. The number of amides is 1. The Balaban J connectivity index is 1.54. The lowest BCUT2D eigenvalue weighted by Crippen LogP contribution is -2.41. The van der Waals surface area contributed by atoms with Crippen LogP contribution in [-0.4, -0.2) is 30.0 Å². The number of nitrogens with zero attached hydrogens (tertiary/aromatic N) is 1. The van der Waals surface area contributed by atoms with Crippen molar-refractivity contribution in [2.45, 2.75) is 18.9 Å². The number of carbonyl (C=O) groups excluding carboxylic acids is 1. The highest BCUT2D eigenvalue weighted by molar-refractivity contribution is 6.30. The molecule has 0 saturated carbocycles. The Hall–Kier alpha value is -2.07. The molecular weight excluding hydrogens is 317 g/mol. The molecule has 2 aromatic rings. The summed E-state index contributed by atoms with van der Waals surface area (Å²) in [5.74, 6) is 0.400. The van der Waals surface area contributed by atoms with Gasteiger partial charge in [0, 0.05) is 36.5 Å². The molecule has 1 heterocycles. The number of carbonyl (C=O) groups is 1. The third kappa shape index (κ3) is 4.02. The van der Waals surface area contributed by atoms with E-state index in [1.807, 2.05) is 4.90 Å². The van der Waals surface area contributed by atoms with Crippen LogP contribution in [0.4, 0.5) is 4.39 Å². The predicted octanol–water partition coefficient (Wildman–Crippen LogP) is 4.16. The number of hydrogen-bond acceptors (Lipinski definition) is 2. The molecule has 120 valence electrons. The molecule has 1 fully saturated rings. The molecule has 0 bridgehead atoms. The van der Waals surface area contributed by atoms with Crippen molar-refractivity contribution < 1.29 is 13.9 Å². The van der Waals surface area contributed by atoms with Crippen LogP contribution < -0.4 is 4.74 Å². The van der Waals surface area contributed by atoms with E-state index in [9.17, 15) is 9.18 Å². The van der Waals surface area contributed by atoms with Crippen LogP contribution in [0.3, 0.4) is 0 Å². The molecule has 1 aliphatic rings. The first kappa shape index (κ1) is 15.8. The van der Waals surface area contributed by atoms with Gasteiger partial charge in [-0.3, -0.25) is 4.79 Å². The van der Waals surface area contributed by atoms with E-state index in [1.54, 1.807) is 36.4 Å². The minimum Gasteiger partial charge on any atom is -0.490 e. The van der Waals surface area contributed by atoms with E-state index in [1.165, 1.54) is 12.1 Å². The van der Waals surface area contributed by atoms with Gasteiger partial charge in [-0.1, -0.05) is 11.6 Å². The minimum absolute atomic E-state index is 0.0156. The summed E-state index contributed by atoms with van der Waals surface area (Å²) in [6.45, 7) is 1.29. The summed E-state index contributed by atoms with van der Waals surface area (Å²) in [6.07, 6.45) is 1.57. The number of rotatable bonds is 3. The summed E-state index contributed by atoms with van der Waals surface area (Å²) >= 11 is 5.84. The molecule has 0 aromatic heterocycles. The van der Waals surface area contributed by atoms with Crippen molar-refractivity contribution in [1.82, 2.24) is 4.90 Å². The average Bonchev–Trinajstić information content (AvgIpc) is 2.58. The summed E-state index contributed by atoms with van der Waals surface area (Å²) in [4.78, 5) is 14.2.